The van der Waals surface area contributed by atoms with E-state index >= 15 is 0 Å². The zero-order valence-corrected chi connectivity index (χ0v) is 7.92. The number of halogens is 1. The fourth-order valence-corrected chi connectivity index (χ4v) is 1.86. The maximum Gasteiger partial charge on any atom is 0.212 e. The third-order valence-corrected chi connectivity index (χ3v) is 2.78. The van der Waals surface area contributed by atoms with Crippen molar-refractivity contribution in [3.63, 3.8) is 0 Å². The molecule has 2 heterocycles. The van der Waals surface area contributed by atoms with Crippen LogP contribution in [-0.2, 0) is 0 Å². The molecule has 4 nitrogen and oxygen atoms in total. The lowest BCUT2D eigenvalue weighted by Crippen LogP contribution is -1.91. The Balaban J connectivity index is 2.48. The number of aldehydes is 1. The number of rotatable bonds is 2. The van der Waals surface area contributed by atoms with Crippen molar-refractivity contribution in [1.82, 2.24) is 14.8 Å². The highest BCUT2D eigenvalue weighted by atomic mass is 35.5. The van der Waals surface area contributed by atoms with Crippen LogP contribution in [0.1, 0.15) is 9.67 Å². The van der Waals surface area contributed by atoms with Gasteiger partial charge in [0.25, 0.3) is 0 Å². The molecular weight excluding hydrogens is 210 g/mol. The molecule has 0 saturated heterocycles. The first-order valence-corrected chi connectivity index (χ1v) is 4.62. The van der Waals surface area contributed by atoms with Crippen LogP contribution in [0.5, 0.6) is 0 Å². The predicted octanol–water partition coefficient (Wildman–Crippen LogP) is 1.79. The van der Waals surface area contributed by atoms with Crippen molar-refractivity contribution in [2.75, 3.05) is 0 Å². The monoisotopic (exact) mass is 213 g/mol. The fourth-order valence-electron chi connectivity index (χ4n) is 0.855. The number of carbonyl (C=O) groups is 1. The predicted molar refractivity (Wildman–Crippen MR) is 49.6 cm³/mol. The van der Waals surface area contributed by atoms with E-state index in [0.29, 0.717) is 16.3 Å². The Kier molecular flexibility index (Phi) is 2.12. The summed E-state index contributed by atoms with van der Waals surface area (Å²) in [7, 11) is 0. The lowest BCUT2D eigenvalue weighted by atomic mass is 10.6. The third kappa shape index (κ3) is 1.48. The van der Waals surface area contributed by atoms with E-state index in [4.69, 9.17) is 11.6 Å². The number of carbonyl (C=O) groups excluding carboxylic acids is 1. The lowest BCUT2D eigenvalue weighted by Gasteiger charge is -1.90. The largest absolute Gasteiger partial charge is 0.297 e. The molecular formula is C7H4ClN3OS. The summed E-state index contributed by atoms with van der Waals surface area (Å²) in [6.45, 7) is 0. The van der Waals surface area contributed by atoms with Gasteiger partial charge in [-0.1, -0.05) is 22.9 Å². The summed E-state index contributed by atoms with van der Waals surface area (Å²) >= 11 is 6.90. The maximum atomic E-state index is 10.5. The Hall–Kier alpha value is -1.20. The summed E-state index contributed by atoms with van der Waals surface area (Å²) < 4.78 is 1.56. The van der Waals surface area contributed by atoms with Crippen molar-refractivity contribution in [2.24, 2.45) is 0 Å². The van der Waals surface area contributed by atoms with Crippen molar-refractivity contribution < 1.29 is 4.79 Å². The molecule has 0 saturated carbocycles. The van der Waals surface area contributed by atoms with Gasteiger partial charge in [0.15, 0.2) is 11.4 Å². The van der Waals surface area contributed by atoms with Gasteiger partial charge in [-0.3, -0.25) is 4.79 Å². The number of hydrogen-bond donors (Lipinski definition) is 0. The minimum absolute atomic E-state index is 0.227. The van der Waals surface area contributed by atoms with Crippen LogP contribution < -0.4 is 0 Å². The average molecular weight is 214 g/mol. The van der Waals surface area contributed by atoms with Gasteiger partial charge >= 0.3 is 0 Å². The molecule has 0 amide bonds. The van der Waals surface area contributed by atoms with E-state index in [9.17, 15) is 4.79 Å². The molecule has 13 heavy (non-hydrogen) atoms. The highest BCUT2D eigenvalue weighted by Gasteiger charge is 2.09. The minimum Gasteiger partial charge on any atom is -0.297 e. The normalized spacial score (nSPS) is 10.2. The summed E-state index contributed by atoms with van der Waals surface area (Å²) in [5.74, 6) is 0. The Morgan fingerprint density at radius 2 is 2.46 bits per heavy atom. The second kappa shape index (κ2) is 3.27. The second-order valence-corrected chi connectivity index (χ2v) is 3.59. The van der Waals surface area contributed by atoms with Crippen molar-refractivity contribution in [3.05, 3.63) is 28.5 Å². The quantitative estimate of drug-likeness (QED) is 0.715. The fraction of sp³-hybridized carbons (Fsp3) is 0. The Labute approximate surface area is 82.8 Å². The first kappa shape index (κ1) is 8.40. The summed E-state index contributed by atoms with van der Waals surface area (Å²) in [5, 5.41) is 4.79. The molecule has 0 aliphatic heterocycles. The van der Waals surface area contributed by atoms with Gasteiger partial charge in [0, 0.05) is 12.4 Å². The molecule has 2 rings (SSSR count). The van der Waals surface area contributed by atoms with E-state index in [2.05, 4.69) is 10.1 Å². The van der Waals surface area contributed by atoms with Crippen LogP contribution in [0.3, 0.4) is 0 Å². The van der Waals surface area contributed by atoms with Crippen LogP contribution in [0, 0.1) is 0 Å². The zero-order chi connectivity index (χ0) is 9.26. The van der Waals surface area contributed by atoms with Gasteiger partial charge in [0.2, 0.25) is 5.13 Å². The van der Waals surface area contributed by atoms with Crippen molar-refractivity contribution in [3.8, 4) is 5.13 Å². The molecule has 0 fully saturated rings. The van der Waals surface area contributed by atoms with Crippen LogP contribution in [0.15, 0.2) is 18.5 Å². The molecule has 6 heteroatoms. The summed E-state index contributed by atoms with van der Waals surface area (Å²) in [4.78, 5) is 14.9. The van der Waals surface area contributed by atoms with Gasteiger partial charge in [0.1, 0.15) is 4.88 Å². The van der Waals surface area contributed by atoms with Crippen LogP contribution in [-0.4, -0.2) is 21.1 Å². The number of nitrogens with zero attached hydrogens (tertiary/aromatic N) is 3. The summed E-state index contributed by atoms with van der Waals surface area (Å²) in [6, 6.07) is 1.77. The van der Waals surface area contributed by atoms with E-state index in [-0.39, 0.29) is 5.15 Å². The molecule has 0 bridgehead atoms. The number of aromatic nitrogens is 3. The highest BCUT2D eigenvalue weighted by molar-refractivity contribution is 7.16. The van der Waals surface area contributed by atoms with Crippen LogP contribution >= 0.6 is 22.9 Å². The minimum atomic E-state index is 0.227. The maximum absolute atomic E-state index is 10.5. The Morgan fingerprint density at radius 1 is 1.62 bits per heavy atom. The summed E-state index contributed by atoms with van der Waals surface area (Å²) in [6.07, 6.45) is 4.06. The first-order chi connectivity index (χ1) is 6.31. The van der Waals surface area contributed by atoms with Crippen LogP contribution in [0.4, 0.5) is 0 Å². The van der Waals surface area contributed by atoms with E-state index < -0.39 is 0 Å². The zero-order valence-electron chi connectivity index (χ0n) is 6.35. The van der Waals surface area contributed by atoms with Crippen molar-refractivity contribution >= 4 is 29.2 Å². The molecule has 0 aromatic carbocycles. The van der Waals surface area contributed by atoms with Crippen LogP contribution in [0.2, 0.25) is 5.15 Å². The molecule has 0 unspecified atom stereocenters. The lowest BCUT2D eigenvalue weighted by molar-refractivity contribution is 0.112. The molecule has 0 aliphatic carbocycles. The second-order valence-electron chi connectivity index (χ2n) is 2.22. The molecule has 2 aromatic rings. The molecule has 66 valence electrons. The van der Waals surface area contributed by atoms with Gasteiger partial charge in [0.05, 0.1) is 0 Å². The molecule has 2 aromatic heterocycles. The van der Waals surface area contributed by atoms with Crippen molar-refractivity contribution in [2.45, 2.75) is 0 Å². The van der Waals surface area contributed by atoms with Gasteiger partial charge in [-0.25, -0.2) is 9.67 Å². The average Bonchev–Trinajstić information content (AvgIpc) is 2.71. The number of hydrogen-bond acceptors (Lipinski definition) is 4. The van der Waals surface area contributed by atoms with E-state index in [1.165, 1.54) is 11.3 Å². The Morgan fingerprint density at radius 3 is 3.00 bits per heavy atom. The molecule has 0 aliphatic rings. The highest BCUT2D eigenvalue weighted by Crippen LogP contribution is 2.23. The van der Waals surface area contributed by atoms with Gasteiger partial charge < -0.3 is 0 Å². The van der Waals surface area contributed by atoms with Gasteiger partial charge in [-0.2, -0.15) is 5.10 Å². The number of thiazole rings is 1. The Bertz CT molecular complexity index is 423. The smallest absolute Gasteiger partial charge is 0.212 e. The molecule has 0 spiro atoms. The summed E-state index contributed by atoms with van der Waals surface area (Å²) in [5.41, 5.74) is 0. The SMILES string of the molecule is O=Cc1sc(-n2cccn2)nc1Cl. The van der Waals surface area contributed by atoms with E-state index in [0.717, 1.165) is 0 Å². The van der Waals surface area contributed by atoms with Crippen molar-refractivity contribution in [1.29, 1.82) is 0 Å². The van der Waals surface area contributed by atoms with E-state index in [1.54, 1.807) is 23.1 Å². The topological polar surface area (TPSA) is 47.8 Å². The van der Waals surface area contributed by atoms with Crippen LogP contribution in [0.25, 0.3) is 5.13 Å². The molecule has 0 N–H and O–H groups in total. The third-order valence-electron chi connectivity index (χ3n) is 1.41. The standard InChI is InChI=1S/C7H4ClN3OS/c8-6-5(4-12)13-7(10-6)11-3-1-2-9-11/h1-4H. The van der Waals surface area contributed by atoms with Gasteiger partial charge in [-0.15, -0.1) is 0 Å². The molecule has 0 radical (unpaired) electrons. The van der Waals surface area contributed by atoms with E-state index in [1.807, 2.05) is 0 Å². The van der Waals surface area contributed by atoms with Gasteiger partial charge in [-0.05, 0) is 6.07 Å². The first-order valence-electron chi connectivity index (χ1n) is 3.43. The molecule has 0 atom stereocenters.